The molecule has 1 aliphatic carbocycles. The number of ether oxygens (including phenoxy) is 2. The molecule has 0 unspecified atom stereocenters. The van der Waals surface area contributed by atoms with Crippen molar-refractivity contribution in [2.75, 3.05) is 39.9 Å². The Kier molecular flexibility index (Phi) is 8.53. The smallest absolute Gasteiger partial charge is 0.225 e. The van der Waals surface area contributed by atoms with Gasteiger partial charge < -0.3 is 18.8 Å². The third-order valence-electron chi connectivity index (χ3n) is 8.68. The SMILES string of the molecule is CCOc1cccc(-c2ccc3nc(-c4ccc(F)cc4)c(CN4CCN(C(=O)[C@@H]5CCC[C@H](OC)C5)CC4)n3c2)c1. The highest BCUT2D eigenvalue weighted by Gasteiger charge is 2.32. The maximum atomic E-state index is 13.8. The highest BCUT2D eigenvalue weighted by Crippen LogP contribution is 2.31. The summed E-state index contributed by atoms with van der Waals surface area (Å²) < 4.78 is 27.3. The minimum Gasteiger partial charge on any atom is -0.494 e. The zero-order valence-corrected chi connectivity index (χ0v) is 24.5. The van der Waals surface area contributed by atoms with E-state index in [0.717, 1.165) is 78.2 Å². The van der Waals surface area contributed by atoms with Crippen molar-refractivity contribution in [1.29, 1.82) is 0 Å². The number of nitrogens with zero attached hydrogens (tertiary/aromatic N) is 4. The van der Waals surface area contributed by atoms with Gasteiger partial charge in [0.25, 0.3) is 0 Å². The summed E-state index contributed by atoms with van der Waals surface area (Å²) in [6.45, 7) is 6.28. The molecule has 1 amide bonds. The molecule has 1 aliphatic heterocycles. The van der Waals surface area contributed by atoms with Gasteiger partial charge in [0.15, 0.2) is 0 Å². The van der Waals surface area contributed by atoms with Crippen molar-refractivity contribution in [1.82, 2.24) is 19.2 Å². The Bertz CT molecular complexity index is 1530. The number of halogens is 1. The lowest BCUT2D eigenvalue weighted by molar-refractivity contribution is -0.140. The van der Waals surface area contributed by atoms with E-state index in [2.05, 4.69) is 33.7 Å². The first kappa shape index (κ1) is 28.4. The van der Waals surface area contributed by atoms with Gasteiger partial charge in [-0.2, -0.15) is 0 Å². The Morgan fingerprint density at radius 3 is 2.52 bits per heavy atom. The molecule has 2 aromatic heterocycles. The Balaban J connectivity index is 1.26. The number of hydrogen-bond acceptors (Lipinski definition) is 5. The molecule has 1 saturated carbocycles. The Morgan fingerprint density at radius 1 is 0.976 bits per heavy atom. The molecule has 0 N–H and O–H groups in total. The molecule has 3 heterocycles. The van der Waals surface area contributed by atoms with Crippen LogP contribution in [-0.2, 0) is 16.1 Å². The second-order valence-electron chi connectivity index (χ2n) is 11.3. The molecule has 42 heavy (non-hydrogen) atoms. The summed E-state index contributed by atoms with van der Waals surface area (Å²) in [5, 5.41) is 0. The minimum atomic E-state index is -0.267. The van der Waals surface area contributed by atoms with E-state index < -0.39 is 0 Å². The molecular weight excluding hydrogens is 531 g/mol. The number of hydrogen-bond donors (Lipinski definition) is 0. The average Bonchev–Trinajstić information content (AvgIpc) is 3.39. The molecule has 2 atom stereocenters. The lowest BCUT2D eigenvalue weighted by Gasteiger charge is -2.38. The van der Waals surface area contributed by atoms with Crippen LogP contribution in [0.3, 0.4) is 0 Å². The fourth-order valence-electron chi connectivity index (χ4n) is 6.37. The number of carbonyl (C=O) groups is 1. The average molecular weight is 571 g/mol. The predicted octanol–water partition coefficient (Wildman–Crippen LogP) is 6.06. The number of pyridine rings is 1. The van der Waals surface area contributed by atoms with E-state index in [0.29, 0.717) is 26.2 Å². The summed E-state index contributed by atoms with van der Waals surface area (Å²) in [4.78, 5) is 22.7. The quantitative estimate of drug-likeness (QED) is 0.258. The molecule has 0 radical (unpaired) electrons. The van der Waals surface area contributed by atoms with Gasteiger partial charge in [0, 0.05) is 57.5 Å². The van der Waals surface area contributed by atoms with Crippen molar-refractivity contribution in [3.05, 3.63) is 78.4 Å². The summed E-state index contributed by atoms with van der Waals surface area (Å²) in [5.41, 5.74) is 5.75. The molecule has 1 saturated heterocycles. The van der Waals surface area contributed by atoms with Crippen LogP contribution in [0, 0.1) is 11.7 Å². The van der Waals surface area contributed by atoms with E-state index >= 15 is 0 Å². The van der Waals surface area contributed by atoms with Gasteiger partial charge in [-0.3, -0.25) is 9.69 Å². The second-order valence-corrected chi connectivity index (χ2v) is 11.3. The zero-order valence-electron chi connectivity index (χ0n) is 24.5. The van der Waals surface area contributed by atoms with Gasteiger partial charge in [-0.1, -0.05) is 18.6 Å². The number of aromatic nitrogens is 2. The maximum absolute atomic E-state index is 13.8. The first-order valence-corrected chi connectivity index (χ1v) is 15.1. The van der Waals surface area contributed by atoms with Crippen LogP contribution in [0.4, 0.5) is 4.39 Å². The van der Waals surface area contributed by atoms with Gasteiger partial charge in [0.05, 0.1) is 24.1 Å². The summed E-state index contributed by atoms with van der Waals surface area (Å²) in [7, 11) is 1.75. The van der Waals surface area contributed by atoms with Crippen molar-refractivity contribution in [2.24, 2.45) is 5.92 Å². The summed E-state index contributed by atoms with van der Waals surface area (Å²) in [5.74, 6) is 0.915. The standard InChI is InChI=1S/C34H39FN4O3/c1-3-42-30-9-4-6-25(20-30)27-12-15-32-36-33(24-10-13-28(35)14-11-24)31(39(32)22-27)23-37-16-18-38(19-17-37)34(40)26-7-5-8-29(21-26)41-2/h4,6,9-15,20,22,26,29H,3,5,7-8,16-19,21,23H2,1-2H3/t26-,29+/m1/s1. The third-order valence-corrected chi connectivity index (χ3v) is 8.68. The molecule has 0 spiro atoms. The molecular formula is C34H39FN4O3. The lowest BCUT2D eigenvalue weighted by atomic mass is 9.86. The van der Waals surface area contributed by atoms with Gasteiger partial charge in [-0.25, -0.2) is 9.37 Å². The van der Waals surface area contributed by atoms with Crippen LogP contribution in [0.5, 0.6) is 5.75 Å². The van der Waals surface area contributed by atoms with E-state index in [9.17, 15) is 9.18 Å². The maximum Gasteiger partial charge on any atom is 0.225 e. The number of fused-ring (bicyclic) bond motifs is 1. The molecule has 2 aromatic carbocycles. The van der Waals surface area contributed by atoms with Crippen LogP contribution in [0.15, 0.2) is 66.9 Å². The first-order chi connectivity index (χ1) is 20.5. The molecule has 6 rings (SSSR count). The molecule has 4 aromatic rings. The van der Waals surface area contributed by atoms with E-state index in [1.807, 2.05) is 30.0 Å². The van der Waals surface area contributed by atoms with Crippen molar-refractivity contribution >= 4 is 11.6 Å². The lowest BCUT2D eigenvalue weighted by Crippen LogP contribution is -2.50. The zero-order chi connectivity index (χ0) is 29.1. The van der Waals surface area contributed by atoms with Crippen LogP contribution in [0.25, 0.3) is 28.0 Å². The van der Waals surface area contributed by atoms with Crippen LogP contribution >= 0.6 is 0 Å². The molecule has 2 aliphatic rings. The van der Waals surface area contributed by atoms with Crippen LogP contribution in [-0.4, -0.2) is 71.1 Å². The number of methoxy groups -OCH3 is 1. The number of imidazole rings is 1. The topological polar surface area (TPSA) is 59.3 Å². The second kappa shape index (κ2) is 12.6. The van der Waals surface area contributed by atoms with E-state index in [-0.39, 0.29) is 23.7 Å². The van der Waals surface area contributed by atoms with Crippen molar-refractivity contribution in [3.8, 4) is 28.1 Å². The predicted molar refractivity (Wildman–Crippen MR) is 162 cm³/mol. The largest absolute Gasteiger partial charge is 0.494 e. The van der Waals surface area contributed by atoms with Gasteiger partial charge in [-0.05, 0) is 85.8 Å². The highest BCUT2D eigenvalue weighted by molar-refractivity contribution is 5.79. The Morgan fingerprint density at radius 2 is 1.76 bits per heavy atom. The van der Waals surface area contributed by atoms with Crippen LogP contribution < -0.4 is 4.74 Å². The van der Waals surface area contributed by atoms with Gasteiger partial charge in [-0.15, -0.1) is 0 Å². The minimum absolute atomic E-state index is 0.0683. The monoisotopic (exact) mass is 570 g/mol. The van der Waals surface area contributed by atoms with Gasteiger partial charge in [0.2, 0.25) is 5.91 Å². The number of piperazine rings is 1. The Labute approximate surface area is 246 Å². The van der Waals surface area contributed by atoms with Gasteiger partial charge >= 0.3 is 0 Å². The highest BCUT2D eigenvalue weighted by atomic mass is 19.1. The van der Waals surface area contributed by atoms with Gasteiger partial charge in [0.1, 0.15) is 17.2 Å². The normalized spacial score (nSPS) is 19.7. The van der Waals surface area contributed by atoms with E-state index in [1.165, 1.54) is 12.1 Å². The number of rotatable bonds is 8. The first-order valence-electron chi connectivity index (χ1n) is 15.1. The van der Waals surface area contributed by atoms with E-state index in [1.54, 1.807) is 19.2 Å². The molecule has 7 nitrogen and oxygen atoms in total. The molecule has 220 valence electrons. The molecule has 8 heteroatoms. The fourth-order valence-corrected chi connectivity index (χ4v) is 6.37. The summed E-state index contributed by atoms with van der Waals surface area (Å²) in [6, 6.07) is 18.8. The van der Waals surface area contributed by atoms with Crippen molar-refractivity contribution in [3.63, 3.8) is 0 Å². The number of amides is 1. The van der Waals surface area contributed by atoms with E-state index in [4.69, 9.17) is 14.5 Å². The molecule has 2 fully saturated rings. The number of carbonyl (C=O) groups excluding carboxylic acids is 1. The fraction of sp³-hybridized carbons (Fsp3) is 0.412. The Hall–Kier alpha value is -3.75. The van der Waals surface area contributed by atoms with Crippen molar-refractivity contribution < 1.29 is 18.7 Å². The summed E-state index contributed by atoms with van der Waals surface area (Å²) in [6.07, 6.45) is 6.20. The third kappa shape index (κ3) is 6.05. The number of benzene rings is 2. The van der Waals surface area contributed by atoms with Crippen LogP contribution in [0.2, 0.25) is 0 Å². The summed E-state index contributed by atoms with van der Waals surface area (Å²) >= 11 is 0. The van der Waals surface area contributed by atoms with Crippen molar-refractivity contribution in [2.45, 2.75) is 45.3 Å². The molecule has 0 bridgehead atoms. The van der Waals surface area contributed by atoms with Crippen LogP contribution in [0.1, 0.15) is 38.3 Å².